The second-order valence-electron chi connectivity index (χ2n) is 9.56. The monoisotopic (exact) mass is 501 g/mol. The molecule has 11 heteroatoms. The first kappa shape index (κ1) is 24.5. The summed E-state index contributed by atoms with van der Waals surface area (Å²) >= 11 is 7.25. The molecule has 2 aliphatic heterocycles. The Bertz CT molecular complexity index is 1200. The zero-order valence-electron chi connectivity index (χ0n) is 19.9. The number of ether oxygens (including phenoxy) is 1. The number of tetrazole rings is 1. The minimum absolute atomic E-state index is 0.0204. The van der Waals surface area contributed by atoms with Gasteiger partial charge in [0.25, 0.3) is 0 Å². The van der Waals surface area contributed by atoms with Crippen LogP contribution in [0.4, 0.5) is 0 Å². The number of hydrogen-bond acceptors (Lipinski definition) is 8. The number of allylic oxidation sites excluding steroid dienone is 1. The van der Waals surface area contributed by atoms with E-state index < -0.39 is 16.1 Å². The molecule has 0 amide bonds. The summed E-state index contributed by atoms with van der Waals surface area (Å²) in [4.78, 5) is 27.6. The zero-order chi connectivity index (χ0) is 25.0. The molecule has 180 valence electrons. The van der Waals surface area contributed by atoms with Gasteiger partial charge in [-0.15, -0.1) is 16.9 Å². The van der Waals surface area contributed by atoms with E-state index in [1.54, 1.807) is 54.9 Å². The summed E-state index contributed by atoms with van der Waals surface area (Å²) < 4.78 is 6.51. The van der Waals surface area contributed by atoms with Gasteiger partial charge < -0.3 is 14.7 Å². The van der Waals surface area contributed by atoms with Gasteiger partial charge in [-0.05, 0) is 47.0 Å². The molecular formula is C23H27N5O4S2. The van der Waals surface area contributed by atoms with Gasteiger partial charge >= 0.3 is 5.97 Å². The molecule has 1 N–H and O–H groups in total. The summed E-state index contributed by atoms with van der Waals surface area (Å²) in [5.41, 5.74) is 1.83. The maximum atomic E-state index is 13.7. The van der Waals surface area contributed by atoms with Crippen molar-refractivity contribution in [1.82, 2.24) is 25.1 Å². The van der Waals surface area contributed by atoms with Gasteiger partial charge in [0.2, 0.25) is 0 Å². The van der Waals surface area contributed by atoms with Crippen molar-refractivity contribution in [2.24, 2.45) is 12.5 Å². The number of carbonyl (C=O) groups excluding carboxylic acids is 1. The number of carboxylic acids is 1. The van der Waals surface area contributed by atoms with Gasteiger partial charge in [0.1, 0.15) is 21.2 Å². The Labute approximate surface area is 207 Å². The lowest BCUT2D eigenvalue weighted by molar-refractivity contribution is -0.124. The molecule has 1 aromatic carbocycles. The molecule has 2 aliphatic rings. The number of fused-ring (bicyclic) bond motifs is 1. The zero-order valence-corrected chi connectivity index (χ0v) is 21.5. The molecule has 9 nitrogen and oxygen atoms in total. The van der Waals surface area contributed by atoms with Crippen LogP contribution >= 0.6 is 24.0 Å². The van der Waals surface area contributed by atoms with Crippen LogP contribution in [0.5, 0.6) is 0 Å². The van der Waals surface area contributed by atoms with Crippen molar-refractivity contribution in [3.63, 3.8) is 0 Å². The van der Waals surface area contributed by atoms with Gasteiger partial charge in [0, 0.05) is 19.6 Å². The predicted molar refractivity (Wildman–Crippen MR) is 131 cm³/mol. The van der Waals surface area contributed by atoms with Gasteiger partial charge in [0.15, 0.2) is 11.6 Å². The number of thioether (sulfide) groups is 1. The first-order chi connectivity index (χ1) is 15.9. The van der Waals surface area contributed by atoms with Gasteiger partial charge in [-0.1, -0.05) is 45.1 Å². The lowest BCUT2D eigenvalue weighted by atomic mass is 9.81. The highest BCUT2D eigenvalue weighted by Gasteiger charge is 2.59. The van der Waals surface area contributed by atoms with E-state index in [0.717, 1.165) is 11.1 Å². The average molecular weight is 502 g/mol. The highest BCUT2D eigenvalue weighted by molar-refractivity contribution is 8.01. The van der Waals surface area contributed by atoms with Crippen LogP contribution in [0.15, 0.2) is 35.5 Å². The number of aromatic carboxylic acids is 1. The molecular weight excluding hydrogens is 474 g/mol. The largest absolute Gasteiger partial charge is 0.478 e. The molecule has 1 aromatic heterocycles. The number of aryl methyl sites for hydroxylation is 1. The molecule has 1 fully saturated rings. The first-order valence-corrected chi connectivity index (χ1v) is 12.1. The van der Waals surface area contributed by atoms with Crippen LogP contribution in [0.2, 0.25) is 0 Å². The van der Waals surface area contributed by atoms with Crippen LogP contribution in [0.25, 0.3) is 0 Å². The number of aromatic nitrogens is 4. The highest BCUT2D eigenvalue weighted by Crippen LogP contribution is 2.57. The van der Waals surface area contributed by atoms with Crippen molar-refractivity contribution in [2.75, 3.05) is 7.11 Å². The summed E-state index contributed by atoms with van der Waals surface area (Å²) in [7, 11) is 3.39. The van der Waals surface area contributed by atoms with Crippen molar-refractivity contribution in [1.29, 1.82) is 0 Å². The molecule has 34 heavy (non-hydrogen) atoms. The summed E-state index contributed by atoms with van der Waals surface area (Å²) in [5.74, 6) is -0.404. The van der Waals surface area contributed by atoms with Crippen LogP contribution in [0.1, 0.15) is 49.4 Å². The number of hydrogen-bond donors (Lipinski definition) is 1. The van der Waals surface area contributed by atoms with E-state index in [1.165, 1.54) is 0 Å². The average Bonchev–Trinajstić information content (AvgIpc) is 3.21. The molecule has 0 bridgehead atoms. The lowest BCUT2D eigenvalue weighted by Crippen LogP contribution is -2.67. The van der Waals surface area contributed by atoms with Crippen molar-refractivity contribution in [3.8, 4) is 0 Å². The Morgan fingerprint density at radius 2 is 1.91 bits per heavy atom. The fourth-order valence-corrected chi connectivity index (χ4v) is 6.89. The van der Waals surface area contributed by atoms with Gasteiger partial charge in [0.05, 0.1) is 11.3 Å². The highest BCUT2D eigenvalue weighted by atomic mass is 32.2. The Morgan fingerprint density at radius 1 is 1.26 bits per heavy atom. The van der Waals surface area contributed by atoms with Gasteiger partial charge in [-0.25, -0.2) is 9.48 Å². The number of nitrogens with zero attached hydrogens (tertiary/aromatic N) is 5. The molecule has 0 aliphatic carbocycles. The van der Waals surface area contributed by atoms with E-state index >= 15 is 0 Å². The van der Waals surface area contributed by atoms with Gasteiger partial charge in [-0.2, -0.15) is 0 Å². The number of carboxylic acid groups (broad SMARTS) is 1. The van der Waals surface area contributed by atoms with Crippen molar-refractivity contribution < 1.29 is 19.4 Å². The second kappa shape index (κ2) is 8.54. The molecule has 4 rings (SSSR count). The fraction of sp³-hybridized carbons (Fsp3) is 0.478. The second-order valence-corrected chi connectivity index (χ2v) is 11.4. The van der Waals surface area contributed by atoms with E-state index in [0.29, 0.717) is 22.9 Å². The number of methoxy groups -OCH3 is 1. The summed E-state index contributed by atoms with van der Waals surface area (Å²) in [6, 6.07) is 6.74. The third-order valence-corrected chi connectivity index (χ3v) is 8.47. The normalized spacial score (nSPS) is 24.6. The molecule has 0 saturated carbocycles. The number of rotatable bonds is 6. The molecule has 3 heterocycles. The SMILES string of the molecule is CO[C@H]1C(=S)N2C(C(=O)C(C)(C)C)=C(C)C(Cc3ccc(C(=O)O)cc3)(c3nnnn3C)S[C@H]12. The minimum Gasteiger partial charge on any atom is -0.478 e. The summed E-state index contributed by atoms with van der Waals surface area (Å²) in [6.45, 7) is 7.60. The molecule has 0 spiro atoms. The first-order valence-electron chi connectivity index (χ1n) is 10.8. The van der Waals surface area contributed by atoms with E-state index in [9.17, 15) is 14.7 Å². The Hall–Kier alpha value is -2.63. The van der Waals surface area contributed by atoms with Crippen LogP contribution in [-0.2, 0) is 27.7 Å². The number of carbonyl (C=O) groups is 2. The summed E-state index contributed by atoms with van der Waals surface area (Å²) in [6.07, 6.45) is 0.123. The molecule has 1 saturated heterocycles. The van der Waals surface area contributed by atoms with Crippen LogP contribution in [-0.4, -0.2) is 65.5 Å². The van der Waals surface area contributed by atoms with E-state index in [-0.39, 0.29) is 22.8 Å². The molecule has 0 radical (unpaired) electrons. The Morgan fingerprint density at radius 3 is 2.41 bits per heavy atom. The smallest absolute Gasteiger partial charge is 0.335 e. The maximum absolute atomic E-state index is 13.7. The van der Waals surface area contributed by atoms with E-state index in [1.807, 2.05) is 32.6 Å². The minimum atomic E-state index is -0.985. The number of benzene rings is 1. The van der Waals surface area contributed by atoms with Crippen LogP contribution < -0.4 is 0 Å². The summed E-state index contributed by atoms with van der Waals surface area (Å²) in [5, 5.41) is 21.4. The molecule has 3 atom stereocenters. The third-order valence-electron chi connectivity index (χ3n) is 6.30. The van der Waals surface area contributed by atoms with Crippen molar-refractivity contribution in [3.05, 3.63) is 52.5 Å². The molecule has 2 aromatic rings. The van der Waals surface area contributed by atoms with E-state index in [2.05, 4.69) is 15.5 Å². The topological polar surface area (TPSA) is 110 Å². The van der Waals surface area contributed by atoms with Crippen LogP contribution in [0.3, 0.4) is 0 Å². The van der Waals surface area contributed by atoms with Crippen LogP contribution in [0, 0.1) is 5.41 Å². The standard InChI is InChI=1S/C23H27N5O4S2/c1-12-15(17(29)22(2,3)4)28-18(33)16(32-6)19(28)34-23(12,21-24-25-26-27(21)5)11-13-7-9-14(10-8-13)20(30)31/h7-10,16,19H,11H2,1-6H3,(H,30,31)/t16-,19+,23?/m0/s1. The van der Waals surface area contributed by atoms with Crippen molar-refractivity contribution >= 4 is 40.7 Å². The van der Waals surface area contributed by atoms with Gasteiger partial charge in [-0.3, -0.25) is 4.79 Å². The third kappa shape index (κ3) is 3.75. The maximum Gasteiger partial charge on any atom is 0.335 e. The quantitative estimate of drug-likeness (QED) is 0.593. The number of ketones is 1. The van der Waals surface area contributed by atoms with Crippen molar-refractivity contribution in [2.45, 2.75) is 50.3 Å². The number of Topliss-reactive ketones (excluding diaryl/α,β-unsaturated/α-hetero) is 1. The van der Waals surface area contributed by atoms with E-state index in [4.69, 9.17) is 17.0 Å². The Kier molecular flexibility index (Phi) is 6.16. The Balaban J connectivity index is 1.94. The number of thiocarbonyl (C=S) groups is 1. The lowest BCUT2D eigenvalue weighted by Gasteiger charge is -2.56. The predicted octanol–water partition coefficient (Wildman–Crippen LogP) is 2.97. The molecule has 1 unspecified atom stereocenters. The fourth-order valence-electron chi connectivity index (χ4n) is 4.41.